The molecule has 0 aliphatic rings. The first-order valence-corrected chi connectivity index (χ1v) is 4.50. The standard InChI is InChI=1S/C7H8ClN7/c8-4-1-5(9)7(10-2-4)11-3-6-12-14-15-13-6/h1-2H,3,9H2,(H,10,11)(H,12,13,14,15). The van der Waals surface area contributed by atoms with Gasteiger partial charge in [-0.1, -0.05) is 16.8 Å². The Morgan fingerprint density at radius 1 is 1.53 bits per heavy atom. The Hall–Kier alpha value is -1.89. The molecule has 0 saturated carbocycles. The van der Waals surface area contributed by atoms with Gasteiger partial charge in [0.15, 0.2) is 5.82 Å². The lowest BCUT2D eigenvalue weighted by Gasteiger charge is -2.05. The molecular formula is C7H8ClN7. The van der Waals surface area contributed by atoms with E-state index in [0.29, 0.717) is 28.9 Å². The van der Waals surface area contributed by atoms with Crippen molar-refractivity contribution >= 4 is 23.1 Å². The van der Waals surface area contributed by atoms with Gasteiger partial charge in [0.05, 0.1) is 17.3 Å². The molecule has 0 atom stereocenters. The second-order valence-corrected chi connectivity index (χ2v) is 3.21. The van der Waals surface area contributed by atoms with Crippen LogP contribution in [0.15, 0.2) is 12.3 Å². The minimum absolute atomic E-state index is 0.398. The number of nitrogens with one attached hydrogen (secondary N) is 2. The number of aromatic amines is 1. The van der Waals surface area contributed by atoms with Crippen LogP contribution in [0, 0.1) is 0 Å². The summed E-state index contributed by atoms with van der Waals surface area (Å²) in [6, 6.07) is 1.62. The predicted molar refractivity (Wildman–Crippen MR) is 55.2 cm³/mol. The Labute approximate surface area is 90.0 Å². The number of H-pyrrole nitrogens is 1. The average molecular weight is 226 g/mol. The van der Waals surface area contributed by atoms with Crippen LogP contribution in [0.2, 0.25) is 5.02 Å². The number of tetrazole rings is 1. The van der Waals surface area contributed by atoms with Crippen molar-refractivity contribution in [1.29, 1.82) is 0 Å². The van der Waals surface area contributed by atoms with Crippen LogP contribution in [0.5, 0.6) is 0 Å². The normalized spacial score (nSPS) is 10.2. The van der Waals surface area contributed by atoms with Gasteiger partial charge in [0.2, 0.25) is 0 Å². The quantitative estimate of drug-likeness (QED) is 0.700. The van der Waals surface area contributed by atoms with E-state index >= 15 is 0 Å². The molecule has 2 heterocycles. The molecule has 15 heavy (non-hydrogen) atoms. The van der Waals surface area contributed by atoms with Crippen LogP contribution in [0.25, 0.3) is 0 Å². The number of halogens is 1. The van der Waals surface area contributed by atoms with Gasteiger partial charge in [-0.25, -0.2) is 4.98 Å². The number of rotatable bonds is 3. The summed E-state index contributed by atoms with van der Waals surface area (Å²) in [6.45, 7) is 0.398. The van der Waals surface area contributed by atoms with Gasteiger partial charge >= 0.3 is 0 Å². The summed E-state index contributed by atoms with van der Waals surface area (Å²) in [4.78, 5) is 4.02. The molecule has 0 fully saturated rings. The number of nitrogens with zero attached hydrogens (tertiary/aromatic N) is 4. The number of anilines is 2. The zero-order valence-electron chi connectivity index (χ0n) is 7.61. The minimum atomic E-state index is 0.398. The van der Waals surface area contributed by atoms with E-state index in [4.69, 9.17) is 17.3 Å². The van der Waals surface area contributed by atoms with E-state index in [1.54, 1.807) is 6.07 Å². The summed E-state index contributed by atoms with van der Waals surface area (Å²) in [5, 5.41) is 16.8. The van der Waals surface area contributed by atoms with Gasteiger partial charge < -0.3 is 11.1 Å². The summed E-state index contributed by atoms with van der Waals surface area (Å²) in [5.74, 6) is 1.08. The van der Waals surface area contributed by atoms with Crippen LogP contribution in [-0.4, -0.2) is 25.6 Å². The summed E-state index contributed by atoms with van der Waals surface area (Å²) in [5.41, 5.74) is 6.16. The smallest absolute Gasteiger partial charge is 0.193 e. The van der Waals surface area contributed by atoms with Gasteiger partial charge in [0.25, 0.3) is 0 Å². The highest BCUT2D eigenvalue weighted by Crippen LogP contribution is 2.19. The van der Waals surface area contributed by atoms with Crippen molar-refractivity contribution in [3.05, 3.63) is 23.1 Å². The van der Waals surface area contributed by atoms with Crippen LogP contribution in [-0.2, 0) is 6.54 Å². The number of hydrogen-bond acceptors (Lipinski definition) is 6. The fourth-order valence-corrected chi connectivity index (χ4v) is 1.19. The highest BCUT2D eigenvalue weighted by molar-refractivity contribution is 6.30. The largest absolute Gasteiger partial charge is 0.396 e. The first-order valence-electron chi connectivity index (χ1n) is 4.13. The minimum Gasteiger partial charge on any atom is -0.396 e. The monoisotopic (exact) mass is 225 g/mol. The second kappa shape index (κ2) is 4.09. The molecule has 0 aromatic carbocycles. The van der Waals surface area contributed by atoms with Gasteiger partial charge in [-0.05, 0) is 6.07 Å². The summed E-state index contributed by atoms with van der Waals surface area (Å²) in [7, 11) is 0. The molecule has 8 heteroatoms. The molecule has 0 saturated heterocycles. The SMILES string of the molecule is Nc1cc(Cl)cnc1NCc1nn[nH]n1. The molecule has 0 spiro atoms. The van der Waals surface area contributed by atoms with Crippen molar-refractivity contribution in [2.75, 3.05) is 11.1 Å². The van der Waals surface area contributed by atoms with Crippen molar-refractivity contribution in [3.63, 3.8) is 0 Å². The Morgan fingerprint density at radius 2 is 2.40 bits per heavy atom. The molecule has 0 aliphatic heterocycles. The molecule has 0 unspecified atom stereocenters. The summed E-state index contributed by atoms with van der Waals surface area (Å²) >= 11 is 5.71. The number of nitrogen functional groups attached to an aromatic ring is 1. The Bertz CT molecular complexity index is 441. The first-order chi connectivity index (χ1) is 7.25. The van der Waals surface area contributed by atoms with Gasteiger partial charge in [-0.2, -0.15) is 5.21 Å². The lowest BCUT2D eigenvalue weighted by Crippen LogP contribution is -2.05. The highest BCUT2D eigenvalue weighted by Gasteiger charge is 2.03. The number of hydrogen-bond donors (Lipinski definition) is 3. The van der Waals surface area contributed by atoms with Crippen LogP contribution >= 0.6 is 11.6 Å². The molecule has 0 amide bonds. The van der Waals surface area contributed by atoms with E-state index in [9.17, 15) is 0 Å². The van der Waals surface area contributed by atoms with E-state index in [0.717, 1.165) is 0 Å². The Balaban J connectivity index is 2.05. The maximum atomic E-state index is 5.71. The van der Waals surface area contributed by atoms with Crippen molar-refractivity contribution in [1.82, 2.24) is 25.6 Å². The summed E-state index contributed by atoms with van der Waals surface area (Å²) < 4.78 is 0. The van der Waals surface area contributed by atoms with Crippen molar-refractivity contribution < 1.29 is 0 Å². The molecule has 0 bridgehead atoms. The fraction of sp³-hybridized carbons (Fsp3) is 0.143. The number of aromatic nitrogens is 5. The Kier molecular flexibility index (Phi) is 2.64. The molecule has 78 valence electrons. The lowest BCUT2D eigenvalue weighted by atomic mass is 10.4. The van der Waals surface area contributed by atoms with E-state index in [1.165, 1.54) is 6.20 Å². The molecule has 7 nitrogen and oxygen atoms in total. The molecule has 2 rings (SSSR count). The number of nitrogens with two attached hydrogens (primary N) is 1. The topological polar surface area (TPSA) is 105 Å². The molecular weight excluding hydrogens is 218 g/mol. The van der Waals surface area contributed by atoms with Crippen molar-refractivity contribution in [3.8, 4) is 0 Å². The van der Waals surface area contributed by atoms with Crippen LogP contribution in [0.1, 0.15) is 5.82 Å². The van der Waals surface area contributed by atoms with Crippen LogP contribution in [0.4, 0.5) is 11.5 Å². The van der Waals surface area contributed by atoms with E-state index in [1.807, 2.05) is 0 Å². The zero-order valence-corrected chi connectivity index (χ0v) is 8.36. The van der Waals surface area contributed by atoms with Crippen LogP contribution in [0.3, 0.4) is 0 Å². The van der Waals surface area contributed by atoms with E-state index in [2.05, 4.69) is 30.9 Å². The van der Waals surface area contributed by atoms with Crippen LogP contribution < -0.4 is 11.1 Å². The average Bonchev–Trinajstić information content (AvgIpc) is 2.69. The molecule has 4 N–H and O–H groups in total. The van der Waals surface area contributed by atoms with Crippen molar-refractivity contribution in [2.45, 2.75) is 6.54 Å². The first kappa shape index (κ1) is 9.66. The third-order valence-corrected chi connectivity index (χ3v) is 1.89. The fourth-order valence-electron chi connectivity index (χ4n) is 1.02. The van der Waals surface area contributed by atoms with Crippen molar-refractivity contribution in [2.24, 2.45) is 0 Å². The Morgan fingerprint density at radius 3 is 3.07 bits per heavy atom. The molecule has 0 aliphatic carbocycles. The molecule has 2 aromatic rings. The predicted octanol–water partition coefficient (Wildman–Crippen LogP) is 0.442. The van der Waals surface area contributed by atoms with Gasteiger partial charge in [0, 0.05) is 6.20 Å². The number of pyridine rings is 1. The third kappa shape index (κ3) is 2.32. The van der Waals surface area contributed by atoms with E-state index in [-0.39, 0.29) is 0 Å². The molecule has 2 aromatic heterocycles. The summed E-state index contributed by atoms with van der Waals surface area (Å²) in [6.07, 6.45) is 1.51. The second-order valence-electron chi connectivity index (χ2n) is 2.77. The molecule has 0 radical (unpaired) electrons. The lowest BCUT2D eigenvalue weighted by molar-refractivity contribution is 0.881. The van der Waals surface area contributed by atoms with Gasteiger partial charge in [-0.3, -0.25) is 0 Å². The third-order valence-electron chi connectivity index (χ3n) is 1.69. The van der Waals surface area contributed by atoms with Gasteiger partial charge in [0.1, 0.15) is 5.82 Å². The van der Waals surface area contributed by atoms with E-state index < -0.39 is 0 Å². The maximum Gasteiger partial charge on any atom is 0.193 e. The zero-order chi connectivity index (χ0) is 10.7. The highest BCUT2D eigenvalue weighted by atomic mass is 35.5. The van der Waals surface area contributed by atoms with Gasteiger partial charge in [-0.15, -0.1) is 10.2 Å². The maximum absolute atomic E-state index is 5.71.